The number of hydrogen-bond donors (Lipinski definition) is 2. The van der Waals surface area contributed by atoms with Gasteiger partial charge in [-0.2, -0.15) is 4.98 Å². The van der Waals surface area contributed by atoms with Gasteiger partial charge in [-0.05, 0) is 47.1 Å². The molecule has 0 saturated heterocycles. The summed E-state index contributed by atoms with van der Waals surface area (Å²) in [6.07, 6.45) is 1.74. The minimum atomic E-state index is 0.614. The topological polar surface area (TPSA) is 53.1 Å². The quantitative estimate of drug-likeness (QED) is 0.876. The average molecular weight is 336 g/mol. The zero-order valence-electron chi connectivity index (χ0n) is 11.8. The maximum absolute atomic E-state index is 4.42. The number of hydrogen-bond acceptors (Lipinski definition) is 5. The van der Waals surface area contributed by atoms with E-state index in [4.69, 9.17) is 0 Å². The van der Waals surface area contributed by atoms with Gasteiger partial charge in [-0.25, -0.2) is 4.98 Å². The Kier molecular flexibility index (Phi) is 4.79. The normalized spacial score (nSPS) is 10.2. The molecule has 0 unspecified atom stereocenters. The van der Waals surface area contributed by atoms with Gasteiger partial charge in [-0.15, -0.1) is 0 Å². The maximum Gasteiger partial charge on any atom is 0.224 e. The summed E-state index contributed by atoms with van der Waals surface area (Å²) in [7, 11) is 4.04. The van der Waals surface area contributed by atoms with E-state index >= 15 is 0 Å². The van der Waals surface area contributed by atoms with E-state index in [0.717, 1.165) is 28.2 Å². The van der Waals surface area contributed by atoms with Gasteiger partial charge in [0.05, 0.1) is 4.47 Å². The summed E-state index contributed by atoms with van der Waals surface area (Å²) in [6.45, 7) is 2.80. The lowest BCUT2D eigenvalue weighted by atomic mass is 10.2. The van der Waals surface area contributed by atoms with Crippen LogP contribution in [0, 0.1) is 0 Å². The summed E-state index contributed by atoms with van der Waals surface area (Å²) in [5, 5.41) is 6.38. The van der Waals surface area contributed by atoms with Crippen molar-refractivity contribution in [2.75, 3.05) is 36.2 Å². The number of benzene rings is 1. The van der Waals surface area contributed by atoms with Crippen LogP contribution in [0.2, 0.25) is 0 Å². The predicted octanol–water partition coefficient (Wildman–Crippen LogP) is 3.48. The second kappa shape index (κ2) is 6.56. The molecule has 2 N–H and O–H groups in total. The molecule has 5 nitrogen and oxygen atoms in total. The Hall–Kier alpha value is -1.82. The van der Waals surface area contributed by atoms with Crippen LogP contribution in [0.15, 0.2) is 34.9 Å². The van der Waals surface area contributed by atoms with E-state index in [0.29, 0.717) is 5.95 Å². The molecule has 1 aromatic carbocycles. The second-order valence-electron chi connectivity index (χ2n) is 4.49. The van der Waals surface area contributed by atoms with Crippen molar-refractivity contribution >= 4 is 39.1 Å². The minimum absolute atomic E-state index is 0.614. The van der Waals surface area contributed by atoms with E-state index in [1.807, 2.05) is 33.2 Å². The van der Waals surface area contributed by atoms with E-state index in [1.54, 1.807) is 6.20 Å². The Balaban J connectivity index is 2.18. The van der Waals surface area contributed by atoms with E-state index in [9.17, 15) is 0 Å². The van der Waals surface area contributed by atoms with Crippen molar-refractivity contribution in [3.05, 3.63) is 34.9 Å². The number of anilines is 4. The monoisotopic (exact) mass is 335 g/mol. The molecule has 0 saturated carbocycles. The van der Waals surface area contributed by atoms with Crippen LogP contribution in [0.5, 0.6) is 0 Å². The fourth-order valence-corrected chi connectivity index (χ4v) is 1.97. The molecule has 1 heterocycles. The van der Waals surface area contributed by atoms with Crippen LogP contribution in [0.25, 0.3) is 0 Å². The average Bonchev–Trinajstić information content (AvgIpc) is 2.43. The van der Waals surface area contributed by atoms with Crippen LogP contribution in [0.4, 0.5) is 23.1 Å². The zero-order valence-corrected chi connectivity index (χ0v) is 13.4. The SMILES string of the molecule is CCNc1ncc(Br)c(Nc2ccc(N(C)C)cc2)n1. The van der Waals surface area contributed by atoms with Crippen LogP contribution in [-0.4, -0.2) is 30.6 Å². The lowest BCUT2D eigenvalue weighted by Gasteiger charge is -2.14. The smallest absolute Gasteiger partial charge is 0.224 e. The van der Waals surface area contributed by atoms with Gasteiger partial charge < -0.3 is 15.5 Å². The highest BCUT2D eigenvalue weighted by atomic mass is 79.9. The Labute approximate surface area is 127 Å². The van der Waals surface area contributed by atoms with E-state index in [-0.39, 0.29) is 0 Å². The Morgan fingerprint density at radius 3 is 2.50 bits per heavy atom. The molecule has 0 fully saturated rings. The third kappa shape index (κ3) is 3.60. The van der Waals surface area contributed by atoms with E-state index in [2.05, 4.69) is 53.6 Å². The zero-order chi connectivity index (χ0) is 14.5. The fourth-order valence-electron chi connectivity index (χ4n) is 1.68. The Bertz CT molecular complexity index is 568. The van der Waals surface area contributed by atoms with Crippen molar-refractivity contribution in [2.24, 2.45) is 0 Å². The van der Waals surface area contributed by atoms with Crippen molar-refractivity contribution in [3.63, 3.8) is 0 Å². The number of rotatable bonds is 5. The fraction of sp³-hybridized carbons (Fsp3) is 0.286. The van der Waals surface area contributed by atoms with Crippen molar-refractivity contribution in [1.82, 2.24) is 9.97 Å². The Morgan fingerprint density at radius 2 is 1.90 bits per heavy atom. The highest BCUT2D eigenvalue weighted by molar-refractivity contribution is 9.10. The molecule has 2 aromatic rings. The first-order valence-corrected chi connectivity index (χ1v) is 7.20. The Morgan fingerprint density at radius 1 is 1.20 bits per heavy atom. The van der Waals surface area contributed by atoms with Crippen molar-refractivity contribution in [2.45, 2.75) is 6.92 Å². The first-order valence-electron chi connectivity index (χ1n) is 6.41. The first kappa shape index (κ1) is 14.6. The first-order chi connectivity index (χ1) is 9.60. The standard InChI is InChI=1S/C14H18BrN5/c1-4-16-14-17-9-12(15)13(19-14)18-10-5-7-11(8-6-10)20(2)3/h5-9H,4H2,1-3H3,(H2,16,17,18,19). The molecule has 0 atom stereocenters. The molecule has 2 rings (SSSR count). The summed E-state index contributed by atoms with van der Waals surface area (Å²) in [4.78, 5) is 10.7. The van der Waals surface area contributed by atoms with Crippen molar-refractivity contribution in [3.8, 4) is 0 Å². The van der Waals surface area contributed by atoms with Crippen molar-refractivity contribution < 1.29 is 0 Å². The molecule has 0 radical (unpaired) electrons. The minimum Gasteiger partial charge on any atom is -0.378 e. The summed E-state index contributed by atoms with van der Waals surface area (Å²) in [5.74, 6) is 1.36. The molecule has 6 heteroatoms. The van der Waals surface area contributed by atoms with Gasteiger partial charge in [0, 0.05) is 38.2 Å². The van der Waals surface area contributed by atoms with Gasteiger partial charge in [0.15, 0.2) is 0 Å². The third-order valence-corrected chi connectivity index (χ3v) is 3.31. The molecule has 0 aliphatic heterocycles. The summed E-state index contributed by atoms with van der Waals surface area (Å²) < 4.78 is 0.829. The van der Waals surface area contributed by atoms with Crippen LogP contribution in [0.1, 0.15) is 6.92 Å². The predicted molar refractivity (Wildman–Crippen MR) is 87.9 cm³/mol. The lowest BCUT2D eigenvalue weighted by Crippen LogP contribution is -2.08. The van der Waals surface area contributed by atoms with Gasteiger partial charge in [0.25, 0.3) is 0 Å². The van der Waals surface area contributed by atoms with Crippen LogP contribution >= 0.6 is 15.9 Å². The van der Waals surface area contributed by atoms with Gasteiger partial charge in [0.2, 0.25) is 5.95 Å². The molecule has 1 aromatic heterocycles. The summed E-state index contributed by atoms with van der Waals surface area (Å²) in [5.41, 5.74) is 2.14. The largest absolute Gasteiger partial charge is 0.378 e. The number of aromatic nitrogens is 2. The second-order valence-corrected chi connectivity index (χ2v) is 5.34. The summed E-state index contributed by atoms with van der Waals surface area (Å²) >= 11 is 3.45. The van der Waals surface area contributed by atoms with Gasteiger partial charge in [-0.3, -0.25) is 0 Å². The summed E-state index contributed by atoms with van der Waals surface area (Å²) in [6, 6.07) is 8.17. The molecule has 0 aliphatic rings. The number of nitrogens with zero attached hydrogens (tertiary/aromatic N) is 3. The molecule has 106 valence electrons. The molecule has 0 amide bonds. The molecular weight excluding hydrogens is 318 g/mol. The maximum atomic E-state index is 4.42. The molecule has 20 heavy (non-hydrogen) atoms. The van der Waals surface area contributed by atoms with Crippen LogP contribution in [-0.2, 0) is 0 Å². The van der Waals surface area contributed by atoms with E-state index in [1.165, 1.54) is 0 Å². The van der Waals surface area contributed by atoms with Gasteiger partial charge in [-0.1, -0.05) is 0 Å². The third-order valence-electron chi connectivity index (χ3n) is 2.73. The molecule has 0 bridgehead atoms. The number of halogens is 1. The van der Waals surface area contributed by atoms with Gasteiger partial charge >= 0.3 is 0 Å². The number of nitrogens with one attached hydrogen (secondary N) is 2. The van der Waals surface area contributed by atoms with Crippen LogP contribution < -0.4 is 15.5 Å². The molecular formula is C14H18BrN5. The van der Waals surface area contributed by atoms with Crippen LogP contribution in [0.3, 0.4) is 0 Å². The molecule has 0 spiro atoms. The lowest BCUT2D eigenvalue weighted by molar-refractivity contribution is 1.08. The highest BCUT2D eigenvalue weighted by Crippen LogP contribution is 2.25. The van der Waals surface area contributed by atoms with E-state index < -0.39 is 0 Å². The highest BCUT2D eigenvalue weighted by Gasteiger charge is 2.05. The van der Waals surface area contributed by atoms with Gasteiger partial charge in [0.1, 0.15) is 5.82 Å². The van der Waals surface area contributed by atoms with Crippen molar-refractivity contribution in [1.29, 1.82) is 0 Å². The molecule has 0 aliphatic carbocycles.